The number of hydrogen-bond donors (Lipinski definition) is 0. The van der Waals surface area contributed by atoms with E-state index in [9.17, 15) is 4.79 Å². The van der Waals surface area contributed by atoms with Crippen LogP contribution in [0.2, 0.25) is 0 Å². The van der Waals surface area contributed by atoms with Crippen LogP contribution < -0.4 is 0 Å². The van der Waals surface area contributed by atoms with Gasteiger partial charge in [-0.15, -0.1) is 0 Å². The van der Waals surface area contributed by atoms with Crippen LogP contribution in [0.1, 0.15) is 17.3 Å². The zero-order chi connectivity index (χ0) is 23.8. The van der Waals surface area contributed by atoms with Crippen LogP contribution in [0, 0.1) is 0 Å². The number of Topliss-reactive ketones (excluding diaryl/α,β-unsaturated/α-hetero) is 1. The van der Waals surface area contributed by atoms with E-state index in [0.717, 1.165) is 16.7 Å². The Kier molecular flexibility index (Phi) is 5.24. The van der Waals surface area contributed by atoms with Gasteiger partial charge in [-0.1, -0.05) is 121 Å². The monoisotopic (exact) mass is 448 g/mol. The van der Waals surface area contributed by atoms with Crippen LogP contribution in [0.4, 0.5) is 0 Å². The van der Waals surface area contributed by atoms with Gasteiger partial charge in [0, 0.05) is 5.56 Å². The molecule has 0 radical (unpaired) electrons. The first-order valence-corrected chi connectivity index (χ1v) is 11.9. The van der Waals surface area contributed by atoms with Gasteiger partial charge >= 0.3 is 0 Å². The number of benzene rings is 6. The predicted molar refractivity (Wildman–Crippen MR) is 148 cm³/mol. The summed E-state index contributed by atoms with van der Waals surface area (Å²) < 4.78 is 0. The van der Waals surface area contributed by atoms with Gasteiger partial charge in [0.15, 0.2) is 5.78 Å². The SMILES string of the molecule is CC(=O)c1ccc(-c2ccc3c(-c4ccccc4)c4ccccc4c(-c4ccccc4)c3c2)cc1. The first-order chi connectivity index (χ1) is 17.2. The molecule has 166 valence electrons. The fourth-order valence-corrected chi connectivity index (χ4v) is 5.09. The highest BCUT2D eigenvalue weighted by atomic mass is 16.1. The van der Waals surface area contributed by atoms with E-state index in [1.54, 1.807) is 6.92 Å². The molecule has 1 heteroatoms. The van der Waals surface area contributed by atoms with E-state index < -0.39 is 0 Å². The van der Waals surface area contributed by atoms with E-state index in [1.807, 2.05) is 24.3 Å². The number of hydrogen-bond acceptors (Lipinski definition) is 1. The van der Waals surface area contributed by atoms with Gasteiger partial charge in [-0.3, -0.25) is 4.79 Å². The molecule has 6 aromatic rings. The molecule has 0 N–H and O–H groups in total. The van der Waals surface area contributed by atoms with Gasteiger partial charge in [-0.25, -0.2) is 0 Å². The first kappa shape index (κ1) is 21.1. The van der Waals surface area contributed by atoms with Crippen LogP contribution in [-0.2, 0) is 0 Å². The summed E-state index contributed by atoms with van der Waals surface area (Å²) in [5.41, 5.74) is 7.90. The van der Waals surface area contributed by atoms with Crippen molar-refractivity contribution in [3.05, 3.63) is 133 Å². The van der Waals surface area contributed by atoms with Crippen LogP contribution in [0.5, 0.6) is 0 Å². The molecule has 0 heterocycles. The fourth-order valence-electron chi connectivity index (χ4n) is 5.09. The topological polar surface area (TPSA) is 17.1 Å². The third-order valence-corrected chi connectivity index (χ3v) is 6.77. The Hall–Kier alpha value is -4.49. The maximum atomic E-state index is 11.8. The van der Waals surface area contributed by atoms with Gasteiger partial charge < -0.3 is 0 Å². The Morgan fingerprint density at radius 1 is 0.429 bits per heavy atom. The van der Waals surface area contributed by atoms with Crippen LogP contribution in [-0.4, -0.2) is 5.78 Å². The lowest BCUT2D eigenvalue weighted by atomic mass is 9.85. The number of carbonyl (C=O) groups is 1. The quantitative estimate of drug-likeness (QED) is 0.194. The molecule has 35 heavy (non-hydrogen) atoms. The number of carbonyl (C=O) groups excluding carboxylic acids is 1. The lowest BCUT2D eigenvalue weighted by molar-refractivity contribution is 0.101. The van der Waals surface area contributed by atoms with Gasteiger partial charge in [-0.05, 0) is 67.9 Å². The fraction of sp³-hybridized carbons (Fsp3) is 0.0294. The highest BCUT2D eigenvalue weighted by molar-refractivity contribution is 6.21. The molecule has 0 bridgehead atoms. The smallest absolute Gasteiger partial charge is 0.159 e. The van der Waals surface area contributed by atoms with Gasteiger partial charge in [0.2, 0.25) is 0 Å². The molecule has 0 spiro atoms. The molecule has 0 aliphatic carbocycles. The molecule has 0 aliphatic rings. The van der Waals surface area contributed by atoms with Crippen LogP contribution >= 0.6 is 0 Å². The van der Waals surface area contributed by atoms with Crippen molar-refractivity contribution < 1.29 is 4.79 Å². The second-order valence-corrected chi connectivity index (χ2v) is 8.92. The van der Waals surface area contributed by atoms with Crippen molar-refractivity contribution in [1.82, 2.24) is 0 Å². The Morgan fingerprint density at radius 2 is 0.886 bits per heavy atom. The summed E-state index contributed by atoms with van der Waals surface area (Å²) in [6.45, 7) is 1.60. The predicted octanol–water partition coefficient (Wildman–Crippen LogP) is 9.20. The average Bonchev–Trinajstić information content (AvgIpc) is 2.92. The van der Waals surface area contributed by atoms with Crippen LogP contribution in [0.3, 0.4) is 0 Å². The molecule has 6 rings (SSSR count). The summed E-state index contributed by atoms with van der Waals surface area (Å²) in [5.74, 6) is 0.0837. The molecule has 0 aliphatic heterocycles. The van der Waals surface area contributed by atoms with Gasteiger partial charge in [0.25, 0.3) is 0 Å². The largest absolute Gasteiger partial charge is 0.295 e. The van der Waals surface area contributed by atoms with Crippen molar-refractivity contribution in [3.8, 4) is 33.4 Å². The van der Waals surface area contributed by atoms with E-state index in [2.05, 4.69) is 103 Å². The summed E-state index contributed by atoms with van der Waals surface area (Å²) in [5, 5.41) is 4.96. The van der Waals surface area contributed by atoms with Gasteiger partial charge in [0.1, 0.15) is 0 Å². The average molecular weight is 449 g/mol. The first-order valence-electron chi connectivity index (χ1n) is 11.9. The summed E-state index contributed by atoms with van der Waals surface area (Å²) in [6, 6.07) is 44.7. The maximum absolute atomic E-state index is 11.8. The second-order valence-electron chi connectivity index (χ2n) is 8.92. The molecule has 0 fully saturated rings. The summed E-state index contributed by atoms with van der Waals surface area (Å²) in [7, 11) is 0. The number of rotatable bonds is 4. The zero-order valence-electron chi connectivity index (χ0n) is 19.5. The molecular weight excluding hydrogens is 424 g/mol. The van der Waals surface area contributed by atoms with Crippen molar-refractivity contribution in [2.24, 2.45) is 0 Å². The van der Waals surface area contributed by atoms with E-state index in [4.69, 9.17) is 0 Å². The summed E-state index contributed by atoms with van der Waals surface area (Å²) in [4.78, 5) is 11.8. The highest BCUT2D eigenvalue weighted by Gasteiger charge is 2.17. The Bertz CT molecular complexity index is 1680. The zero-order valence-corrected chi connectivity index (χ0v) is 19.5. The van der Waals surface area contributed by atoms with Crippen LogP contribution in [0.15, 0.2) is 127 Å². The van der Waals surface area contributed by atoms with Gasteiger partial charge in [0.05, 0.1) is 0 Å². The minimum Gasteiger partial charge on any atom is -0.295 e. The van der Waals surface area contributed by atoms with Crippen molar-refractivity contribution in [2.45, 2.75) is 6.92 Å². The van der Waals surface area contributed by atoms with E-state index >= 15 is 0 Å². The van der Waals surface area contributed by atoms with E-state index in [1.165, 1.54) is 43.8 Å². The standard InChI is InChI=1S/C34H24O/c1-23(35)24-16-18-25(19-17-24)28-20-21-31-32(22-28)34(27-12-6-3-7-13-27)30-15-9-8-14-29(30)33(31)26-10-4-2-5-11-26/h2-22H,1H3. The third-order valence-electron chi connectivity index (χ3n) is 6.77. The normalized spacial score (nSPS) is 11.1. The van der Waals surface area contributed by atoms with Crippen molar-refractivity contribution in [1.29, 1.82) is 0 Å². The van der Waals surface area contributed by atoms with Crippen LogP contribution in [0.25, 0.3) is 54.9 Å². The molecule has 0 amide bonds. The molecule has 0 unspecified atom stereocenters. The molecular formula is C34H24O. The number of ketones is 1. The molecule has 1 nitrogen and oxygen atoms in total. The number of fused-ring (bicyclic) bond motifs is 2. The molecule has 6 aromatic carbocycles. The summed E-state index contributed by atoms with van der Waals surface area (Å²) >= 11 is 0. The minimum atomic E-state index is 0.0837. The third kappa shape index (κ3) is 3.72. The minimum absolute atomic E-state index is 0.0837. The molecule has 0 atom stereocenters. The Morgan fingerprint density at radius 3 is 1.43 bits per heavy atom. The lowest BCUT2D eigenvalue weighted by Crippen LogP contribution is -1.92. The second kappa shape index (κ2) is 8.70. The Labute approximate surface area is 205 Å². The molecule has 0 saturated heterocycles. The summed E-state index contributed by atoms with van der Waals surface area (Å²) in [6.07, 6.45) is 0. The van der Waals surface area contributed by atoms with Crippen molar-refractivity contribution in [2.75, 3.05) is 0 Å². The molecule has 0 saturated carbocycles. The van der Waals surface area contributed by atoms with Crippen molar-refractivity contribution in [3.63, 3.8) is 0 Å². The van der Waals surface area contributed by atoms with Gasteiger partial charge in [-0.2, -0.15) is 0 Å². The highest BCUT2D eigenvalue weighted by Crippen LogP contribution is 2.44. The van der Waals surface area contributed by atoms with E-state index in [-0.39, 0.29) is 5.78 Å². The Balaban J connectivity index is 1.72. The molecule has 0 aromatic heterocycles. The van der Waals surface area contributed by atoms with Crippen molar-refractivity contribution >= 4 is 27.3 Å². The maximum Gasteiger partial charge on any atom is 0.159 e. The van der Waals surface area contributed by atoms with E-state index in [0.29, 0.717) is 0 Å². The lowest BCUT2D eigenvalue weighted by Gasteiger charge is -2.18.